The third-order valence-electron chi connectivity index (χ3n) is 3.24. The van der Waals surface area contributed by atoms with Crippen LogP contribution in [0.3, 0.4) is 0 Å². The molecule has 1 rings (SSSR count). The molecule has 0 bridgehead atoms. The largest absolute Gasteiger partial charge is 0.494 e. The molecule has 1 N–H and O–H groups in total. The fraction of sp³-hybridized carbons (Fsp3) is 0.571. The van der Waals surface area contributed by atoms with E-state index in [1.807, 2.05) is 13.1 Å². The van der Waals surface area contributed by atoms with Crippen molar-refractivity contribution in [2.24, 2.45) is 0 Å². The standard InChI is InChI=1S/C14H22FNO/c1-10(16-4)9-14(2,3)11-6-7-13(17-5)12(15)8-11/h6-8,10,16H,9H2,1-5H3. The van der Waals surface area contributed by atoms with E-state index in [-0.39, 0.29) is 11.2 Å². The minimum atomic E-state index is -0.296. The Morgan fingerprint density at radius 3 is 2.53 bits per heavy atom. The monoisotopic (exact) mass is 239 g/mol. The quantitative estimate of drug-likeness (QED) is 0.852. The van der Waals surface area contributed by atoms with E-state index >= 15 is 0 Å². The van der Waals surface area contributed by atoms with E-state index < -0.39 is 0 Å². The van der Waals surface area contributed by atoms with E-state index in [2.05, 4.69) is 26.1 Å². The van der Waals surface area contributed by atoms with Crippen LogP contribution in [-0.2, 0) is 5.41 Å². The van der Waals surface area contributed by atoms with E-state index in [1.165, 1.54) is 7.11 Å². The number of hydrogen-bond acceptors (Lipinski definition) is 2. The fourth-order valence-corrected chi connectivity index (χ4v) is 2.07. The zero-order chi connectivity index (χ0) is 13.1. The van der Waals surface area contributed by atoms with Crippen LogP contribution in [0, 0.1) is 5.82 Å². The van der Waals surface area contributed by atoms with Crippen LogP contribution < -0.4 is 10.1 Å². The van der Waals surface area contributed by atoms with E-state index in [0.29, 0.717) is 11.8 Å². The lowest BCUT2D eigenvalue weighted by Crippen LogP contribution is -2.30. The molecule has 0 heterocycles. The topological polar surface area (TPSA) is 21.3 Å². The molecule has 3 heteroatoms. The lowest BCUT2D eigenvalue weighted by atomic mass is 9.79. The first-order valence-electron chi connectivity index (χ1n) is 5.92. The van der Waals surface area contributed by atoms with Crippen molar-refractivity contribution in [3.05, 3.63) is 29.6 Å². The van der Waals surface area contributed by atoms with Crippen LogP contribution in [0.5, 0.6) is 5.75 Å². The first-order valence-corrected chi connectivity index (χ1v) is 5.92. The van der Waals surface area contributed by atoms with Crippen LogP contribution in [0.25, 0.3) is 0 Å². The second kappa shape index (κ2) is 5.50. The van der Waals surface area contributed by atoms with Gasteiger partial charge in [0, 0.05) is 6.04 Å². The Hall–Kier alpha value is -1.09. The smallest absolute Gasteiger partial charge is 0.165 e. The normalized spacial score (nSPS) is 13.5. The maximum absolute atomic E-state index is 13.7. The lowest BCUT2D eigenvalue weighted by molar-refractivity contribution is 0.379. The van der Waals surface area contributed by atoms with Crippen molar-refractivity contribution >= 4 is 0 Å². The van der Waals surface area contributed by atoms with Crippen molar-refractivity contribution < 1.29 is 9.13 Å². The van der Waals surface area contributed by atoms with Gasteiger partial charge in [-0.25, -0.2) is 4.39 Å². The number of hydrogen-bond donors (Lipinski definition) is 1. The number of methoxy groups -OCH3 is 1. The number of nitrogens with one attached hydrogen (secondary N) is 1. The third-order valence-corrected chi connectivity index (χ3v) is 3.24. The Morgan fingerprint density at radius 1 is 1.41 bits per heavy atom. The van der Waals surface area contributed by atoms with Gasteiger partial charge < -0.3 is 10.1 Å². The Kier molecular flexibility index (Phi) is 4.52. The second-order valence-electron chi connectivity index (χ2n) is 5.13. The highest BCUT2D eigenvalue weighted by Gasteiger charge is 2.24. The minimum Gasteiger partial charge on any atom is -0.494 e. The molecule has 0 fully saturated rings. The molecular formula is C14H22FNO. The molecule has 1 aromatic carbocycles. The van der Waals surface area contributed by atoms with Crippen LogP contribution in [0.1, 0.15) is 32.8 Å². The van der Waals surface area contributed by atoms with E-state index in [9.17, 15) is 4.39 Å². The number of rotatable bonds is 5. The average Bonchev–Trinajstić information content (AvgIpc) is 2.28. The van der Waals surface area contributed by atoms with Crippen LogP contribution in [-0.4, -0.2) is 20.2 Å². The molecule has 2 nitrogen and oxygen atoms in total. The summed E-state index contributed by atoms with van der Waals surface area (Å²) in [6.07, 6.45) is 0.954. The van der Waals surface area contributed by atoms with Crippen LogP contribution >= 0.6 is 0 Å². The summed E-state index contributed by atoms with van der Waals surface area (Å²) < 4.78 is 18.6. The average molecular weight is 239 g/mol. The number of halogens is 1. The summed E-state index contributed by atoms with van der Waals surface area (Å²) in [5.41, 5.74) is 0.938. The molecule has 0 saturated heterocycles. The van der Waals surface area contributed by atoms with Gasteiger partial charge in [0.05, 0.1) is 7.11 Å². The highest BCUT2D eigenvalue weighted by Crippen LogP contribution is 2.31. The first kappa shape index (κ1) is 14.0. The zero-order valence-electron chi connectivity index (χ0n) is 11.3. The molecule has 0 aromatic heterocycles. The molecule has 1 unspecified atom stereocenters. The van der Waals surface area contributed by atoms with Crippen molar-refractivity contribution in [2.75, 3.05) is 14.2 Å². The molecule has 0 radical (unpaired) electrons. The highest BCUT2D eigenvalue weighted by molar-refractivity contribution is 5.33. The molecular weight excluding hydrogens is 217 g/mol. The summed E-state index contributed by atoms with van der Waals surface area (Å²) in [4.78, 5) is 0. The summed E-state index contributed by atoms with van der Waals surface area (Å²) in [6.45, 7) is 6.38. The molecule has 0 aliphatic heterocycles. The Balaban J connectivity index is 2.94. The molecule has 0 spiro atoms. The summed E-state index contributed by atoms with van der Waals surface area (Å²) in [5.74, 6) is 0.00130. The predicted octanol–water partition coefficient (Wildman–Crippen LogP) is 3.11. The summed E-state index contributed by atoms with van der Waals surface area (Å²) in [6, 6.07) is 5.59. The zero-order valence-corrected chi connectivity index (χ0v) is 11.3. The van der Waals surface area contributed by atoms with Crippen molar-refractivity contribution in [1.82, 2.24) is 5.32 Å². The molecule has 96 valence electrons. The predicted molar refractivity (Wildman–Crippen MR) is 69.1 cm³/mol. The van der Waals surface area contributed by atoms with Crippen molar-refractivity contribution in [2.45, 2.75) is 38.6 Å². The van der Waals surface area contributed by atoms with Crippen LogP contribution in [0.4, 0.5) is 4.39 Å². The van der Waals surface area contributed by atoms with Gasteiger partial charge in [-0.1, -0.05) is 19.9 Å². The first-order chi connectivity index (χ1) is 7.90. The summed E-state index contributed by atoms with van der Waals surface area (Å²) in [5, 5.41) is 3.21. The van der Waals surface area contributed by atoms with Gasteiger partial charge in [-0.15, -0.1) is 0 Å². The second-order valence-corrected chi connectivity index (χ2v) is 5.13. The van der Waals surface area contributed by atoms with Crippen LogP contribution in [0.2, 0.25) is 0 Å². The Morgan fingerprint density at radius 2 is 2.06 bits per heavy atom. The van der Waals surface area contributed by atoms with Crippen molar-refractivity contribution in [3.8, 4) is 5.75 Å². The van der Waals surface area contributed by atoms with Gasteiger partial charge in [-0.05, 0) is 43.5 Å². The van der Waals surface area contributed by atoms with Gasteiger partial charge >= 0.3 is 0 Å². The van der Waals surface area contributed by atoms with Crippen molar-refractivity contribution in [3.63, 3.8) is 0 Å². The highest BCUT2D eigenvalue weighted by atomic mass is 19.1. The molecule has 0 aliphatic rings. The number of ether oxygens (including phenoxy) is 1. The van der Waals surface area contributed by atoms with Gasteiger partial charge in [0.15, 0.2) is 11.6 Å². The van der Waals surface area contributed by atoms with Crippen LogP contribution in [0.15, 0.2) is 18.2 Å². The van der Waals surface area contributed by atoms with Gasteiger partial charge in [0.2, 0.25) is 0 Å². The van der Waals surface area contributed by atoms with E-state index in [1.54, 1.807) is 12.1 Å². The molecule has 0 amide bonds. The molecule has 1 aromatic rings. The SMILES string of the molecule is CNC(C)CC(C)(C)c1ccc(OC)c(F)c1. The van der Waals surface area contributed by atoms with Gasteiger partial charge in [-0.2, -0.15) is 0 Å². The Bertz CT molecular complexity index is 376. The molecule has 0 aliphatic carbocycles. The summed E-state index contributed by atoms with van der Waals surface area (Å²) >= 11 is 0. The molecule has 17 heavy (non-hydrogen) atoms. The molecule has 1 atom stereocenters. The molecule has 0 saturated carbocycles. The fourth-order valence-electron chi connectivity index (χ4n) is 2.07. The van der Waals surface area contributed by atoms with E-state index in [4.69, 9.17) is 4.74 Å². The Labute approximate surface area is 103 Å². The lowest BCUT2D eigenvalue weighted by Gasteiger charge is -2.28. The van der Waals surface area contributed by atoms with Crippen molar-refractivity contribution in [1.29, 1.82) is 0 Å². The third kappa shape index (κ3) is 3.43. The van der Waals surface area contributed by atoms with E-state index in [0.717, 1.165) is 12.0 Å². The maximum atomic E-state index is 13.7. The maximum Gasteiger partial charge on any atom is 0.165 e. The van der Waals surface area contributed by atoms with Gasteiger partial charge in [0.25, 0.3) is 0 Å². The van der Waals surface area contributed by atoms with Gasteiger partial charge in [-0.3, -0.25) is 0 Å². The number of benzene rings is 1. The summed E-state index contributed by atoms with van der Waals surface area (Å²) in [7, 11) is 3.42. The minimum absolute atomic E-state index is 0.0600. The van der Waals surface area contributed by atoms with Gasteiger partial charge in [0.1, 0.15) is 0 Å².